The fourth-order valence-corrected chi connectivity index (χ4v) is 10.8. The van der Waals surface area contributed by atoms with Crippen LogP contribution >= 0.6 is 0 Å². The third-order valence-corrected chi connectivity index (χ3v) is 14.2. The van der Waals surface area contributed by atoms with Gasteiger partial charge < -0.3 is 9.47 Å². The van der Waals surface area contributed by atoms with E-state index in [1.807, 2.05) is 0 Å². The largest absolute Gasteiger partial charge is 0.310 e. The maximum Gasteiger partial charge on any atom is 0.0547 e. The van der Waals surface area contributed by atoms with Gasteiger partial charge in [0.2, 0.25) is 0 Å². The van der Waals surface area contributed by atoms with Gasteiger partial charge >= 0.3 is 0 Å². The maximum absolute atomic E-state index is 2.42. The summed E-state index contributed by atoms with van der Waals surface area (Å²) in [5, 5.41) is 4.99. The Bertz CT molecular complexity index is 4060. The van der Waals surface area contributed by atoms with Crippen LogP contribution in [-0.4, -0.2) is 4.57 Å². The molecule has 0 aliphatic carbocycles. The maximum atomic E-state index is 2.42. The van der Waals surface area contributed by atoms with Crippen molar-refractivity contribution in [2.24, 2.45) is 0 Å². The van der Waals surface area contributed by atoms with Gasteiger partial charge in [0.05, 0.1) is 16.7 Å². The lowest BCUT2D eigenvalue weighted by molar-refractivity contribution is 1.18. The van der Waals surface area contributed by atoms with Crippen LogP contribution in [-0.2, 0) is 0 Å². The molecule has 13 rings (SSSR count). The summed E-state index contributed by atoms with van der Waals surface area (Å²) in [4.78, 5) is 2.42. The Hall–Kier alpha value is -9.50. The molecule has 0 saturated carbocycles. The SMILES string of the molecule is c1ccc(-c2ccccc2-c2ccccc2-c2ccccc2N(c2ccc(-c3ccc(-c4ccc5ccccc5c4)cc3)cc2)c2ccc(-c3cccc4c3c3ccccc3n4-c3ccccc3)cc2)cc1. The van der Waals surface area contributed by atoms with Crippen LogP contribution < -0.4 is 4.90 Å². The minimum atomic E-state index is 1.07. The highest BCUT2D eigenvalue weighted by Crippen LogP contribution is 2.46. The smallest absolute Gasteiger partial charge is 0.0547 e. The van der Waals surface area contributed by atoms with Crippen molar-refractivity contribution in [3.05, 3.63) is 291 Å². The molecule has 0 atom stereocenters. The quantitative estimate of drug-likeness (QED) is 0.133. The van der Waals surface area contributed by atoms with Crippen molar-refractivity contribution in [2.75, 3.05) is 4.90 Å². The van der Waals surface area contributed by atoms with E-state index < -0.39 is 0 Å². The van der Waals surface area contributed by atoms with Crippen molar-refractivity contribution in [3.63, 3.8) is 0 Å². The molecule has 338 valence electrons. The molecular weight excluding hydrogens is 869 g/mol. The number of anilines is 3. The predicted octanol–water partition coefficient (Wildman–Crippen LogP) is 19.4. The zero-order valence-electron chi connectivity index (χ0n) is 39.6. The number of nitrogens with zero attached hydrogens (tertiary/aromatic N) is 2. The van der Waals surface area contributed by atoms with Gasteiger partial charge in [-0.3, -0.25) is 0 Å². The van der Waals surface area contributed by atoms with Crippen molar-refractivity contribution in [3.8, 4) is 72.4 Å². The van der Waals surface area contributed by atoms with Crippen LogP contribution in [0.1, 0.15) is 0 Å². The topological polar surface area (TPSA) is 8.17 Å². The fourth-order valence-electron chi connectivity index (χ4n) is 10.8. The Morgan fingerprint density at radius 1 is 0.250 bits per heavy atom. The van der Waals surface area contributed by atoms with Gasteiger partial charge in [0.25, 0.3) is 0 Å². The summed E-state index contributed by atoms with van der Waals surface area (Å²) in [5.41, 5.74) is 21.0. The normalized spacial score (nSPS) is 11.3. The summed E-state index contributed by atoms with van der Waals surface area (Å²) in [7, 11) is 0. The summed E-state index contributed by atoms with van der Waals surface area (Å²) in [6.07, 6.45) is 0. The van der Waals surface area contributed by atoms with E-state index in [2.05, 4.69) is 301 Å². The van der Waals surface area contributed by atoms with E-state index in [4.69, 9.17) is 0 Å². The van der Waals surface area contributed by atoms with Crippen LogP contribution in [0.25, 0.3) is 105 Å². The van der Waals surface area contributed by atoms with Crippen molar-refractivity contribution in [1.29, 1.82) is 0 Å². The van der Waals surface area contributed by atoms with E-state index in [-0.39, 0.29) is 0 Å². The molecule has 1 heterocycles. The monoisotopic (exact) mass is 916 g/mol. The zero-order valence-corrected chi connectivity index (χ0v) is 39.6. The van der Waals surface area contributed by atoms with E-state index in [9.17, 15) is 0 Å². The standard InChI is InChI=1S/C70H48N2/c1-3-19-53(20-4-1)60-24-9-10-25-62(60)63-26-11-12-27-64(63)65-28-13-15-31-67(65)71(58-44-40-51(41-45-58)50-34-36-52(37-35-50)56-39-38-49-18-7-8-21-55(49)48-56)59-46-42-54(43-47-59)61-30-17-33-69-70(61)66-29-14-16-32-68(66)72(69)57-22-5-2-6-23-57/h1-48H. The van der Waals surface area contributed by atoms with Crippen LogP contribution in [0.5, 0.6) is 0 Å². The molecule has 2 nitrogen and oxygen atoms in total. The van der Waals surface area contributed by atoms with Gasteiger partial charge in [-0.15, -0.1) is 0 Å². The molecule has 0 radical (unpaired) electrons. The van der Waals surface area contributed by atoms with Crippen LogP contribution in [0.15, 0.2) is 291 Å². The zero-order chi connectivity index (χ0) is 47.8. The van der Waals surface area contributed by atoms with Crippen molar-refractivity contribution in [2.45, 2.75) is 0 Å². The van der Waals surface area contributed by atoms with Crippen LogP contribution in [0.2, 0.25) is 0 Å². The first-order valence-electron chi connectivity index (χ1n) is 24.7. The van der Waals surface area contributed by atoms with Gasteiger partial charge in [-0.25, -0.2) is 0 Å². The molecule has 0 aliphatic rings. The molecule has 0 bridgehead atoms. The lowest BCUT2D eigenvalue weighted by atomic mass is 9.88. The summed E-state index contributed by atoms with van der Waals surface area (Å²) in [6, 6.07) is 106. The summed E-state index contributed by atoms with van der Waals surface area (Å²) in [5.74, 6) is 0. The Labute approximate surface area is 420 Å². The van der Waals surface area contributed by atoms with Crippen molar-refractivity contribution >= 4 is 49.6 Å². The Kier molecular flexibility index (Phi) is 10.9. The average Bonchev–Trinajstić information content (AvgIpc) is 3.81. The van der Waals surface area contributed by atoms with Crippen molar-refractivity contribution in [1.82, 2.24) is 4.57 Å². The average molecular weight is 917 g/mol. The van der Waals surface area contributed by atoms with E-state index in [0.29, 0.717) is 0 Å². The number of fused-ring (bicyclic) bond motifs is 4. The molecule has 72 heavy (non-hydrogen) atoms. The molecule has 0 aliphatic heterocycles. The number of hydrogen-bond acceptors (Lipinski definition) is 1. The Morgan fingerprint density at radius 3 is 1.39 bits per heavy atom. The number of aromatic nitrogens is 1. The minimum Gasteiger partial charge on any atom is -0.310 e. The summed E-state index contributed by atoms with van der Waals surface area (Å²) >= 11 is 0. The second-order valence-corrected chi connectivity index (χ2v) is 18.4. The molecule has 0 saturated heterocycles. The number of rotatable bonds is 10. The van der Waals surface area contributed by atoms with E-state index in [1.165, 1.54) is 88.2 Å². The minimum absolute atomic E-state index is 1.07. The molecule has 13 aromatic rings. The molecule has 0 N–H and O–H groups in total. The molecule has 0 amide bonds. The van der Waals surface area contributed by atoms with Gasteiger partial charge in [0.1, 0.15) is 0 Å². The van der Waals surface area contributed by atoms with Gasteiger partial charge in [-0.1, -0.05) is 231 Å². The Balaban J connectivity index is 0.928. The van der Waals surface area contributed by atoms with E-state index in [0.717, 1.165) is 33.9 Å². The highest BCUT2D eigenvalue weighted by molar-refractivity contribution is 6.16. The second-order valence-electron chi connectivity index (χ2n) is 18.4. The summed E-state index contributed by atoms with van der Waals surface area (Å²) in [6.45, 7) is 0. The second kappa shape index (κ2) is 18.4. The molecule has 0 fully saturated rings. The highest BCUT2D eigenvalue weighted by Gasteiger charge is 2.22. The van der Waals surface area contributed by atoms with Crippen LogP contribution in [0.4, 0.5) is 17.1 Å². The van der Waals surface area contributed by atoms with E-state index >= 15 is 0 Å². The van der Waals surface area contributed by atoms with E-state index in [1.54, 1.807) is 0 Å². The third kappa shape index (κ3) is 7.73. The lowest BCUT2D eigenvalue weighted by Crippen LogP contribution is -2.11. The van der Waals surface area contributed by atoms with Crippen LogP contribution in [0.3, 0.4) is 0 Å². The van der Waals surface area contributed by atoms with Crippen LogP contribution in [0, 0.1) is 0 Å². The lowest BCUT2D eigenvalue weighted by Gasteiger charge is -2.29. The van der Waals surface area contributed by atoms with Gasteiger partial charge in [0, 0.05) is 33.4 Å². The molecule has 12 aromatic carbocycles. The van der Waals surface area contributed by atoms with Gasteiger partial charge in [-0.05, 0) is 133 Å². The first-order chi connectivity index (χ1) is 35.7. The van der Waals surface area contributed by atoms with Gasteiger partial charge in [-0.2, -0.15) is 0 Å². The summed E-state index contributed by atoms with van der Waals surface area (Å²) < 4.78 is 2.39. The third-order valence-electron chi connectivity index (χ3n) is 14.2. The van der Waals surface area contributed by atoms with Crippen molar-refractivity contribution < 1.29 is 0 Å². The molecule has 0 spiro atoms. The first kappa shape index (κ1) is 42.6. The fraction of sp³-hybridized carbons (Fsp3) is 0. The molecule has 1 aromatic heterocycles. The number of hydrogen-bond donors (Lipinski definition) is 0. The highest BCUT2D eigenvalue weighted by atomic mass is 15.1. The number of benzene rings is 12. The molecular formula is C70H48N2. The molecule has 2 heteroatoms. The molecule has 0 unspecified atom stereocenters. The number of para-hydroxylation sites is 3. The van der Waals surface area contributed by atoms with Gasteiger partial charge in [0.15, 0.2) is 0 Å². The Morgan fingerprint density at radius 2 is 0.694 bits per heavy atom. The first-order valence-corrected chi connectivity index (χ1v) is 24.7. The predicted molar refractivity (Wildman–Crippen MR) is 306 cm³/mol.